The molecule has 2 aliphatic heterocycles. The summed E-state index contributed by atoms with van der Waals surface area (Å²) in [6.45, 7) is 13.0. The second kappa shape index (κ2) is 12.7. The van der Waals surface area contributed by atoms with Crippen LogP contribution >= 0.6 is 0 Å². The van der Waals surface area contributed by atoms with Gasteiger partial charge in [-0.2, -0.15) is 13.2 Å². The lowest BCUT2D eigenvalue weighted by atomic mass is 9.96. The number of hydrogen-bond donors (Lipinski definition) is 0. The third kappa shape index (κ3) is 7.67. The molecule has 2 heterocycles. The van der Waals surface area contributed by atoms with Crippen LogP contribution in [0.2, 0.25) is 0 Å². The van der Waals surface area contributed by atoms with E-state index in [9.17, 15) is 27.6 Å². The van der Waals surface area contributed by atoms with Gasteiger partial charge in [0.15, 0.2) is 5.60 Å². The highest BCUT2D eigenvalue weighted by atomic mass is 19.4. The Kier molecular flexibility index (Phi) is 10.1. The minimum absolute atomic E-state index is 0.111. The van der Waals surface area contributed by atoms with Crippen LogP contribution in [0.3, 0.4) is 0 Å². The summed E-state index contributed by atoms with van der Waals surface area (Å²) in [6, 6.07) is 0.956. The molecule has 12 heteroatoms. The monoisotopic (exact) mass is 599 g/mol. The number of benzene rings is 1. The van der Waals surface area contributed by atoms with Crippen LogP contribution in [-0.4, -0.2) is 84.3 Å². The number of hydrogen-bond acceptors (Lipinski definition) is 6. The van der Waals surface area contributed by atoms with Gasteiger partial charge < -0.3 is 28.9 Å². The number of unbranched alkanes of at least 4 members (excludes halogenated alkanes) is 1. The van der Waals surface area contributed by atoms with E-state index >= 15 is 0 Å². The molecule has 0 unspecified atom stereocenters. The lowest BCUT2D eigenvalue weighted by Gasteiger charge is -2.42. The highest BCUT2D eigenvalue weighted by Crippen LogP contribution is 2.44. The Hall–Kier alpha value is -3.02. The number of ether oxygens (including phenoxy) is 3. The smallest absolute Gasteiger partial charge is 0.417 e. The van der Waals surface area contributed by atoms with Crippen molar-refractivity contribution in [3.8, 4) is 5.75 Å². The Bertz CT molecular complexity index is 1160. The van der Waals surface area contributed by atoms with E-state index in [-0.39, 0.29) is 24.5 Å². The zero-order valence-electron chi connectivity index (χ0n) is 25.9. The fourth-order valence-electron chi connectivity index (χ4n) is 5.40. The molecule has 1 atom stereocenters. The Morgan fingerprint density at radius 2 is 1.83 bits per heavy atom. The minimum atomic E-state index is -4.87. The van der Waals surface area contributed by atoms with Gasteiger partial charge in [-0.05, 0) is 86.3 Å². The molecule has 236 valence electrons. The van der Waals surface area contributed by atoms with Crippen LogP contribution < -0.4 is 9.64 Å². The number of carbonyl (C=O) groups is 3. The first-order valence-electron chi connectivity index (χ1n) is 14.4. The molecule has 3 rings (SSSR count). The van der Waals surface area contributed by atoms with Gasteiger partial charge in [0.25, 0.3) is 11.8 Å². The van der Waals surface area contributed by atoms with Crippen LogP contribution in [0.4, 0.5) is 23.7 Å². The van der Waals surface area contributed by atoms with Gasteiger partial charge in [-0.1, -0.05) is 0 Å². The standard InChI is InChI=1S/C30H44F3N3O6/c1-19(2)36(20-12-11-13-34(18-20)27(39)42-28(3,4)5)25(37)21-16-23-24(17-22(21)30(31,32)33)41-29(6,7)26(38)35(23)14-9-10-15-40-8/h16-17,19-20H,9-15,18H2,1-8H3/t20-/m1/s1. The highest BCUT2D eigenvalue weighted by molar-refractivity contribution is 6.05. The van der Waals surface area contributed by atoms with Crippen molar-refractivity contribution in [2.45, 2.75) is 104 Å². The molecule has 0 spiro atoms. The molecule has 0 aromatic heterocycles. The predicted octanol–water partition coefficient (Wildman–Crippen LogP) is 5.89. The van der Waals surface area contributed by atoms with Crippen molar-refractivity contribution in [3.63, 3.8) is 0 Å². The van der Waals surface area contributed by atoms with Gasteiger partial charge in [0.2, 0.25) is 0 Å². The van der Waals surface area contributed by atoms with Crippen molar-refractivity contribution in [1.29, 1.82) is 0 Å². The van der Waals surface area contributed by atoms with Crippen LogP contribution in [0.15, 0.2) is 12.1 Å². The molecule has 0 bridgehead atoms. The van der Waals surface area contributed by atoms with Gasteiger partial charge >= 0.3 is 12.3 Å². The summed E-state index contributed by atoms with van der Waals surface area (Å²) in [7, 11) is 1.56. The number of likely N-dealkylation sites (tertiary alicyclic amines) is 1. The topological polar surface area (TPSA) is 88.6 Å². The molecule has 1 aromatic carbocycles. The SMILES string of the molecule is COCCCCN1C(=O)C(C)(C)Oc2cc(C(F)(F)F)c(C(=O)N(C(C)C)[C@@H]3CCCN(C(=O)OC(C)(C)C)C3)cc21. The van der Waals surface area contributed by atoms with Gasteiger partial charge in [0.05, 0.1) is 22.9 Å². The summed E-state index contributed by atoms with van der Waals surface area (Å²) in [5, 5.41) is 0. The summed E-state index contributed by atoms with van der Waals surface area (Å²) in [6.07, 6.45) is -3.15. The average molecular weight is 600 g/mol. The van der Waals surface area contributed by atoms with Crippen LogP contribution in [0, 0.1) is 0 Å². The Morgan fingerprint density at radius 3 is 2.40 bits per heavy atom. The van der Waals surface area contributed by atoms with Crippen LogP contribution in [0.25, 0.3) is 0 Å². The average Bonchev–Trinajstić information content (AvgIpc) is 2.86. The predicted molar refractivity (Wildman–Crippen MR) is 152 cm³/mol. The molecular formula is C30H44F3N3O6. The second-order valence-corrected chi connectivity index (χ2v) is 12.7. The van der Waals surface area contributed by atoms with Crippen molar-refractivity contribution in [3.05, 3.63) is 23.3 Å². The molecule has 1 saturated heterocycles. The van der Waals surface area contributed by atoms with Crippen molar-refractivity contribution in [2.75, 3.05) is 38.3 Å². The van der Waals surface area contributed by atoms with E-state index in [0.29, 0.717) is 38.8 Å². The zero-order valence-corrected chi connectivity index (χ0v) is 25.9. The molecule has 0 saturated carbocycles. The largest absolute Gasteiger partial charge is 0.476 e. The van der Waals surface area contributed by atoms with E-state index in [1.54, 1.807) is 41.7 Å². The number of carbonyl (C=O) groups excluding carboxylic acids is 3. The fraction of sp³-hybridized carbons (Fsp3) is 0.700. The molecule has 1 aromatic rings. The quantitative estimate of drug-likeness (QED) is 0.347. The third-order valence-corrected chi connectivity index (χ3v) is 7.26. The van der Waals surface area contributed by atoms with Gasteiger partial charge in [-0.15, -0.1) is 0 Å². The number of methoxy groups -OCH3 is 1. The van der Waals surface area contributed by atoms with Gasteiger partial charge in [0.1, 0.15) is 11.4 Å². The number of nitrogens with zero attached hydrogens (tertiary/aromatic N) is 3. The minimum Gasteiger partial charge on any atom is -0.476 e. The molecule has 3 amide bonds. The molecule has 42 heavy (non-hydrogen) atoms. The molecule has 2 aliphatic rings. The molecule has 0 N–H and O–H groups in total. The van der Waals surface area contributed by atoms with E-state index < -0.39 is 58.5 Å². The summed E-state index contributed by atoms with van der Waals surface area (Å²) in [5.41, 5.74) is -3.69. The van der Waals surface area contributed by atoms with E-state index in [1.165, 1.54) is 28.5 Å². The normalized spacial score (nSPS) is 19.0. The number of amides is 3. The maximum absolute atomic E-state index is 14.5. The van der Waals surface area contributed by atoms with Crippen molar-refractivity contribution in [1.82, 2.24) is 9.80 Å². The molecular weight excluding hydrogens is 555 g/mol. The number of piperidine rings is 1. The lowest BCUT2D eigenvalue weighted by molar-refractivity contribution is -0.138. The van der Waals surface area contributed by atoms with E-state index in [0.717, 1.165) is 12.1 Å². The zero-order chi connectivity index (χ0) is 31.6. The van der Waals surface area contributed by atoms with Crippen molar-refractivity contribution >= 4 is 23.6 Å². The number of alkyl halides is 3. The van der Waals surface area contributed by atoms with Crippen LogP contribution in [0.1, 0.15) is 90.1 Å². The Morgan fingerprint density at radius 1 is 1.17 bits per heavy atom. The molecule has 1 fully saturated rings. The first-order valence-corrected chi connectivity index (χ1v) is 14.4. The molecule has 0 aliphatic carbocycles. The van der Waals surface area contributed by atoms with E-state index in [1.807, 2.05) is 0 Å². The maximum atomic E-state index is 14.5. The highest BCUT2D eigenvalue weighted by Gasteiger charge is 2.45. The van der Waals surface area contributed by atoms with Crippen molar-refractivity contribution < 1.29 is 41.8 Å². The van der Waals surface area contributed by atoms with Gasteiger partial charge in [-0.3, -0.25) is 9.59 Å². The fourth-order valence-corrected chi connectivity index (χ4v) is 5.40. The molecule has 9 nitrogen and oxygen atoms in total. The van der Waals surface area contributed by atoms with Crippen LogP contribution in [0.5, 0.6) is 5.75 Å². The lowest BCUT2D eigenvalue weighted by Crippen LogP contribution is -2.55. The van der Waals surface area contributed by atoms with E-state index in [2.05, 4.69) is 0 Å². The van der Waals surface area contributed by atoms with E-state index in [4.69, 9.17) is 14.2 Å². The Balaban J connectivity index is 2.05. The van der Waals surface area contributed by atoms with Crippen molar-refractivity contribution in [2.24, 2.45) is 0 Å². The summed E-state index contributed by atoms with van der Waals surface area (Å²) < 4.78 is 59.8. The number of anilines is 1. The van der Waals surface area contributed by atoms with Gasteiger partial charge in [-0.25, -0.2) is 4.79 Å². The Labute approximate surface area is 246 Å². The number of halogens is 3. The third-order valence-electron chi connectivity index (χ3n) is 7.26. The molecule has 0 radical (unpaired) electrons. The summed E-state index contributed by atoms with van der Waals surface area (Å²) in [5.74, 6) is -1.35. The summed E-state index contributed by atoms with van der Waals surface area (Å²) in [4.78, 5) is 44.5. The number of rotatable bonds is 8. The summed E-state index contributed by atoms with van der Waals surface area (Å²) >= 11 is 0. The number of fused-ring (bicyclic) bond motifs is 1. The maximum Gasteiger partial charge on any atom is 0.417 e. The van der Waals surface area contributed by atoms with Gasteiger partial charge in [0, 0.05) is 39.4 Å². The first-order chi connectivity index (χ1) is 19.4. The van der Waals surface area contributed by atoms with Crippen LogP contribution in [-0.2, 0) is 20.4 Å². The second-order valence-electron chi connectivity index (χ2n) is 12.7. The first kappa shape index (κ1) is 33.5.